The summed E-state index contributed by atoms with van der Waals surface area (Å²) < 4.78 is 0. The van der Waals surface area contributed by atoms with Crippen LogP contribution in [0.1, 0.15) is 28.8 Å². The number of rotatable bonds is 6. The average molecular weight is 438 g/mol. The van der Waals surface area contributed by atoms with E-state index in [1.54, 1.807) is 0 Å². The lowest BCUT2D eigenvalue weighted by Crippen LogP contribution is -2.51. The van der Waals surface area contributed by atoms with Gasteiger partial charge in [-0.2, -0.15) is 0 Å². The Labute approximate surface area is 187 Å². The van der Waals surface area contributed by atoms with Crippen LogP contribution in [0.5, 0.6) is 0 Å². The Hall–Kier alpha value is -2.80. The Morgan fingerprint density at radius 2 is 1.58 bits per heavy atom. The molecule has 0 bridgehead atoms. The predicted molar refractivity (Wildman–Crippen MR) is 122 cm³/mol. The molecule has 1 saturated heterocycles. The van der Waals surface area contributed by atoms with Crippen molar-refractivity contribution in [2.45, 2.75) is 24.7 Å². The summed E-state index contributed by atoms with van der Waals surface area (Å²) in [4.78, 5) is 42.2. The van der Waals surface area contributed by atoms with Gasteiger partial charge in [0.1, 0.15) is 0 Å². The highest BCUT2D eigenvalue weighted by molar-refractivity contribution is 8.00. The smallest absolute Gasteiger partial charge is 0.255 e. The van der Waals surface area contributed by atoms with E-state index in [-0.39, 0.29) is 29.4 Å². The highest BCUT2D eigenvalue weighted by Crippen LogP contribution is 2.31. The van der Waals surface area contributed by atoms with E-state index in [1.807, 2.05) is 65.3 Å². The number of carbonyl (C=O) groups is 3. The zero-order chi connectivity index (χ0) is 21.8. The van der Waals surface area contributed by atoms with E-state index in [9.17, 15) is 14.4 Å². The molecule has 4 rings (SSSR count). The molecule has 7 heteroatoms. The van der Waals surface area contributed by atoms with E-state index in [4.69, 9.17) is 0 Å². The molecule has 0 spiro atoms. The second kappa shape index (κ2) is 9.56. The molecule has 0 radical (unpaired) electrons. The van der Waals surface area contributed by atoms with Crippen LogP contribution in [0.2, 0.25) is 0 Å². The molecule has 1 saturated carbocycles. The van der Waals surface area contributed by atoms with Crippen molar-refractivity contribution in [1.29, 1.82) is 0 Å². The number of carbonyl (C=O) groups excluding carboxylic acids is 3. The third-order valence-electron chi connectivity index (χ3n) is 5.62. The summed E-state index contributed by atoms with van der Waals surface area (Å²) in [6.07, 6.45) is 2.00. The molecule has 0 unspecified atom stereocenters. The third-order valence-corrected chi connectivity index (χ3v) is 6.69. The molecule has 3 amide bonds. The van der Waals surface area contributed by atoms with Crippen molar-refractivity contribution in [1.82, 2.24) is 9.80 Å². The van der Waals surface area contributed by atoms with Gasteiger partial charge in [0, 0.05) is 42.7 Å². The van der Waals surface area contributed by atoms with Gasteiger partial charge in [0.05, 0.1) is 11.3 Å². The van der Waals surface area contributed by atoms with Gasteiger partial charge in [-0.3, -0.25) is 14.4 Å². The van der Waals surface area contributed by atoms with Gasteiger partial charge in [-0.15, -0.1) is 11.8 Å². The molecule has 0 aromatic heterocycles. The van der Waals surface area contributed by atoms with Crippen LogP contribution < -0.4 is 5.32 Å². The lowest BCUT2D eigenvalue weighted by Gasteiger charge is -2.35. The number of amides is 3. The molecule has 6 nitrogen and oxygen atoms in total. The summed E-state index contributed by atoms with van der Waals surface area (Å²) in [5, 5.41) is 2.89. The summed E-state index contributed by atoms with van der Waals surface area (Å²) in [7, 11) is 0. The summed E-state index contributed by atoms with van der Waals surface area (Å²) in [6, 6.07) is 15.1. The van der Waals surface area contributed by atoms with Crippen molar-refractivity contribution in [3.8, 4) is 0 Å². The second-order valence-electron chi connectivity index (χ2n) is 8.09. The van der Waals surface area contributed by atoms with Crippen molar-refractivity contribution in [2.24, 2.45) is 5.92 Å². The van der Waals surface area contributed by atoms with Gasteiger partial charge in [0.2, 0.25) is 11.8 Å². The zero-order valence-electron chi connectivity index (χ0n) is 17.7. The van der Waals surface area contributed by atoms with Crippen molar-refractivity contribution < 1.29 is 14.4 Å². The molecule has 1 N–H and O–H groups in total. The van der Waals surface area contributed by atoms with Crippen molar-refractivity contribution >= 4 is 35.2 Å². The summed E-state index contributed by atoms with van der Waals surface area (Å²) >= 11 is 1.36. The van der Waals surface area contributed by atoms with Gasteiger partial charge < -0.3 is 15.1 Å². The quantitative estimate of drug-likeness (QED) is 0.703. The molecule has 2 aromatic rings. The Balaban J connectivity index is 1.33. The lowest BCUT2D eigenvalue weighted by atomic mass is 10.1. The van der Waals surface area contributed by atoms with Crippen molar-refractivity contribution in [2.75, 3.05) is 37.2 Å². The molecule has 0 atom stereocenters. The maximum atomic E-state index is 13.1. The first-order chi connectivity index (χ1) is 15.0. The normalized spacial score (nSPS) is 16.2. The number of thioether (sulfide) groups is 1. The molecule has 1 aliphatic heterocycles. The Morgan fingerprint density at radius 3 is 2.26 bits per heavy atom. The zero-order valence-corrected chi connectivity index (χ0v) is 18.5. The van der Waals surface area contributed by atoms with Gasteiger partial charge in [-0.25, -0.2) is 0 Å². The van der Waals surface area contributed by atoms with E-state index in [1.165, 1.54) is 11.8 Å². The molecule has 1 aliphatic carbocycles. The summed E-state index contributed by atoms with van der Waals surface area (Å²) in [5.41, 5.74) is 2.51. The predicted octanol–water partition coefficient (Wildman–Crippen LogP) is 3.42. The van der Waals surface area contributed by atoms with Gasteiger partial charge >= 0.3 is 0 Å². The van der Waals surface area contributed by atoms with E-state index >= 15 is 0 Å². The number of piperazine rings is 1. The van der Waals surface area contributed by atoms with Gasteiger partial charge in [0.15, 0.2) is 0 Å². The molecule has 1 heterocycles. The first kappa shape index (κ1) is 21.4. The molecular formula is C24H27N3O3S. The molecule has 2 fully saturated rings. The van der Waals surface area contributed by atoms with Crippen molar-refractivity contribution in [3.63, 3.8) is 0 Å². The highest BCUT2D eigenvalue weighted by Gasteiger charge is 2.35. The number of nitrogens with zero attached hydrogens (tertiary/aromatic N) is 2. The number of aryl methyl sites for hydroxylation is 1. The van der Waals surface area contributed by atoms with E-state index in [2.05, 4.69) is 5.32 Å². The molecule has 31 heavy (non-hydrogen) atoms. The molecule has 162 valence electrons. The topological polar surface area (TPSA) is 69.7 Å². The minimum atomic E-state index is -0.108. The standard InChI is InChI=1S/C24H27N3O3S/c1-17-6-10-19(11-7-17)25-22(28)16-31-21-5-3-2-4-20(21)24(30)27-14-12-26(13-15-27)23(29)18-8-9-18/h2-7,10-11,18H,8-9,12-16H2,1H3,(H,25,28). The fourth-order valence-electron chi connectivity index (χ4n) is 3.64. The van der Waals surface area contributed by atoms with Crippen LogP contribution in [0.3, 0.4) is 0 Å². The summed E-state index contributed by atoms with van der Waals surface area (Å²) in [6.45, 7) is 4.28. The van der Waals surface area contributed by atoms with E-state index in [0.29, 0.717) is 31.7 Å². The Kier molecular flexibility index (Phi) is 6.61. The number of nitrogens with one attached hydrogen (secondary N) is 1. The highest BCUT2D eigenvalue weighted by atomic mass is 32.2. The van der Waals surface area contributed by atoms with Crippen LogP contribution >= 0.6 is 11.8 Å². The SMILES string of the molecule is Cc1ccc(NC(=O)CSc2ccccc2C(=O)N2CCN(C(=O)C3CC3)CC2)cc1. The number of benzene rings is 2. The van der Waals surface area contributed by atoms with Gasteiger partial charge in [0.25, 0.3) is 5.91 Å². The van der Waals surface area contributed by atoms with Crippen LogP contribution in [0.15, 0.2) is 53.4 Å². The molecular weight excluding hydrogens is 410 g/mol. The van der Waals surface area contributed by atoms with Gasteiger partial charge in [-0.1, -0.05) is 29.8 Å². The Morgan fingerprint density at radius 1 is 0.935 bits per heavy atom. The minimum absolute atomic E-state index is 0.0411. The lowest BCUT2D eigenvalue weighted by molar-refractivity contribution is -0.134. The Bertz CT molecular complexity index is 964. The van der Waals surface area contributed by atoms with Crippen molar-refractivity contribution in [3.05, 3.63) is 59.7 Å². The first-order valence-electron chi connectivity index (χ1n) is 10.7. The summed E-state index contributed by atoms with van der Waals surface area (Å²) in [5.74, 6) is 0.527. The second-order valence-corrected chi connectivity index (χ2v) is 9.11. The maximum absolute atomic E-state index is 13.1. The van der Waals surface area contributed by atoms with Crippen LogP contribution in [0.25, 0.3) is 0 Å². The van der Waals surface area contributed by atoms with Gasteiger partial charge in [-0.05, 0) is 44.0 Å². The monoisotopic (exact) mass is 437 g/mol. The number of hydrogen-bond donors (Lipinski definition) is 1. The minimum Gasteiger partial charge on any atom is -0.339 e. The fraction of sp³-hybridized carbons (Fsp3) is 0.375. The van der Waals surface area contributed by atoms with E-state index in [0.717, 1.165) is 29.0 Å². The fourth-order valence-corrected chi connectivity index (χ4v) is 4.48. The van der Waals surface area contributed by atoms with Crippen LogP contribution in [-0.2, 0) is 9.59 Å². The van der Waals surface area contributed by atoms with Crippen LogP contribution in [0.4, 0.5) is 5.69 Å². The molecule has 2 aliphatic rings. The average Bonchev–Trinajstić information content (AvgIpc) is 3.64. The maximum Gasteiger partial charge on any atom is 0.255 e. The number of anilines is 1. The molecule has 2 aromatic carbocycles. The van der Waals surface area contributed by atoms with E-state index < -0.39 is 0 Å². The number of hydrogen-bond acceptors (Lipinski definition) is 4. The van der Waals surface area contributed by atoms with Crippen LogP contribution in [-0.4, -0.2) is 59.5 Å². The first-order valence-corrected chi connectivity index (χ1v) is 11.7. The third kappa shape index (κ3) is 5.47. The largest absolute Gasteiger partial charge is 0.339 e. The van der Waals surface area contributed by atoms with Crippen LogP contribution in [0, 0.1) is 12.8 Å².